The van der Waals surface area contributed by atoms with Gasteiger partial charge in [0.25, 0.3) is 0 Å². The standard InChI is InChI=1S/C13H16N2S/c1-3-5-11(14-4-2)10-8-13-12(15-9-10)6-7-16-13/h3,6-9,11,14H,1,4-5H2,2H3. The first-order chi connectivity index (χ1) is 7.85. The zero-order valence-corrected chi connectivity index (χ0v) is 10.3. The van der Waals surface area contributed by atoms with E-state index in [1.54, 1.807) is 11.3 Å². The molecule has 0 aliphatic carbocycles. The van der Waals surface area contributed by atoms with Gasteiger partial charge in [0.05, 0.1) is 10.2 Å². The maximum atomic E-state index is 4.46. The van der Waals surface area contributed by atoms with Crippen LogP contribution in [0.15, 0.2) is 36.4 Å². The molecule has 0 aliphatic rings. The Labute approximate surface area is 100 Å². The van der Waals surface area contributed by atoms with Gasteiger partial charge in [-0.2, -0.15) is 0 Å². The summed E-state index contributed by atoms with van der Waals surface area (Å²) in [5.74, 6) is 0. The van der Waals surface area contributed by atoms with Crippen molar-refractivity contribution in [3.63, 3.8) is 0 Å². The van der Waals surface area contributed by atoms with E-state index in [1.165, 1.54) is 10.3 Å². The number of rotatable bonds is 5. The van der Waals surface area contributed by atoms with E-state index in [1.807, 2.05) is 12.3 Å². The van der Waals surface area contributed by atoms with E-state index in [9.17, 15) is 0 Å². The second kappa shape index (κ2) is 5.23. The van der Waals surface area contributed by atoms with Gasteiger partial charge in [0.1, 0.15) is 0 Å². The molecule has 0 fully saturated rings. The quantitative estimate of drug-likeness (QED) is 0.798. The third-order valence-corrected chi connectivity index (χ3v) is 3.43. The maximum absolute atomic E-state index is 4.46. The predicted molar refractivity (Wildman–Crippen MR) is 70.9 cm³/mol. The average molecular weight is 232 g/mol. The van der Waals surface area contributed by atoms with Gasteiger partial charge in [-0.15, -0.1) is 17.9 Å². The molecule has 0 spiro atoms. The molecule has 0 radical (unpaired) electrons. The first-order valence-electron chi connectivity index (χ1n) is 5.52. The second-order valence-corrected chi connectivity index (χ2v) is 4.65. The van der Waals surface area contributed by atoms with E-state index in [2.05, 4.69) is 41.3 Å². The summed E-state index contributed by atoms with van der Waals surface area (Å²) in [4.78, 5) is 4.46. The fourth-order valence-electron chi connectivity index (χ4n) is 1.80. The van der Waals surface area contributed by atoms with Crippen LogP contribution in [0, 0.1) is 0 Å². The Bertz CT molecular complexity index is 475. The molecule has 2 heterocycles. The lowest BCUT2D eigenvalue weighted by Crippen LogP contribution is -2.20. The van der Waals surface area contributed by atoms with Gasteiger partial charge >= 0.3 is 0 Å². The lowest BCUT2D eigenvalue weighted by molar-refractivity contribution is 0.558. The van der Waals surface area contributed by atoms with Crippen LogP contribution >= 0.6 is 11.3 Å². The van der Waals surface area contributed by atoms with Crippen molar-refractivity contribution < 1.29 is 0 Å². The maximum Gasteiger partial charge on any atom is 0.0809 e. The van der Waals surface area contributed by atoms with E-state index < -0.39 is 0 Å². The Balaban J connectivity index is 2.31. The van der Waals surface area contributed by atoms with Crippen molar-refractivity contribution in [2.45, 2.75) is 19.4 Å². The van der Waals surface area contributed by atoms with E-state index in [0.29, 0.717) is 6.04 Å². The van der Waals surface area contributed by atoms with E-state index in [4.69, 9.17) is 0 Å². The van der Waals surface area contributed by atoms with E-state index in [0.717, 1.165) is 18.5 Å². The number of nitrogens with zero attached hydrogens (tertiary/aromatic N) is 1. The number of nitrogens with one attached hydrogen (secondary N) is 1. The monoisotopic (exact) mass is 232 g/mol. The minimum atomic E-state index is 0.335. The highest BCUT2D eigenvalue weighted by Crippen LogP contribution is 2.24. The van der Waals surface area contributed by atoms with Gasteiger partial charge in [0, 0.05) is 12.2 Å². The number of hydrogen-bond donors (Lipinski definition) is 1. The molecule has 84 valence electrons. The Morgan fingerprint density at radius 1 is 1.62 bits per heavy atom. The molecule has 2 nitrogen and oxygen atoms in total. The first-order valence-corrected chi connectivity index (χ1v) is 6.40. The van der Waals surface area contributed by atoms with Gasteiger partial charge in [-0.25, -0.2) is 0 Å². The number of aromatic nitrogens is 1. The lowest BCUT2D eigenvalue weighted by Gasteiger charge is -2.15. The zero-order chi connectivity index (χ0) is 11.4. The normalized spacial score (nSPS) is 12.8. The molecule has 2 aromatic heterocycles. The molecule has 0 amide bonds. The van der Waals surface area contributed by atoms with Crippen LogP contribution in [-0.2, 0) is 0 Å². The number of fused-ring (bicyclic) bond motifs is 1. The molecular weight excluding hydrogens is 216 g/mol. The molecule has 16 heavy (non-hydrogen) atoms. The summed E-state index contributed by atoms with van der Waals surface area (Å²) >= 11 is 1.74. The minimum Gasteiger partial charge on any atom is -0.310 e. The summed E-state index contributed by atoms with van der Waals surface area (Å²) in [6.07, 6.45) is 4.85. The summed E-state index contributed by atoms with van der Waals surface area (Å²) in [6.45, 7) is 6.88. The molecule has 3 heteroatoms. The second-order valence-electron chi connectivity index (χ2n) is 3.71. The average Bonchev–Trinajstić information content (AvgIpc) is 2.75. The first kappa shape index (κ1) is 11.3. The molecule has 2 aromatic rings. The molecule has 2 rings (SSSR count). The Morgan fingerprint density at radius 2 is 2.50 bits per heavy atom. The van der Waals surface area contributed by atoms with Crippen molar-refractivity contribution in [1.29, 1.82) is 0 Å². The molecule has 0 aliphatic heterocycles. The van der Waals surface area contributed by atoms with Crippen molar-refractivity contribution in [2.75, 3.05) is 6.54 Å². The van der Waals surface area contributed by atoms with Crippen LogP contribution in [-0.4, -0.2) is 11.5 Å². The molecule has 0 saturated carbocycles. The number of hydrogen-bond acceptors (Lipinski definition) is 3. The van der Waals surface area contributed by atoms with Gasteiger partial charge in [-0.1, -0.05) is 13.0 Å². The van der Waals surface area contributed by atoms with Crippen LogP contribution in [0.1, 0.15) is 24.9 Å². The molecule has 0 bridgehead atoms. The minimum absolute atomic E-state index is 0.335. The molecule has 0 aromatic carbocycles. The van der Waals surface area contributed by atoms with Crippen LogP contribution in [0.5, 0.6) is 0 Å². The Hall–Kier alpha value is -1.19. The third kappa shape index (κ3) is 2.31. The summed E-state index contributed by atoms with van der Waals surface area (Å²) in [6, 6.07) is 4.62. The molecule has 1 atom stereocenters. The van der Waals surface area contributed by atoms with Gasteiger partial charge in [0.2, 0.25) is 0 Å². The third-order valence-electron chi connectivity index (χ3n) is 2.58. The Kier molecular flexibility index (Phi) is 3.70. The number of pyridine rings is 1. The lowest BCUT2D eigenvalue weighted by atomic mass is 10.1. The summed E-state index contributed by atoms with van der Waals surface area (Å²) in [5, 5.41) is 5.53. The SMILES string of the molecule is C=CCC(NCC)c1cnc2ccsc2c1. The highest BCUT2D eigenvalue weighted by molar-refractivity contribution is 7.17. The fourth-order valence-corrected chi connectivity index (χ4v) is 2.59. The summed E-state index contributed by atoms with van der Waals surface area (Å²) in [5.41, 5.74) is 2.33. The highest BCUT2D eigenvalue weighted by Gasteiger charge is 2.09. The molecular formula is C13H16N2S. The molecule has 1 N–H and O–H groups in total. The van der Waals surface area contributed by atoms with E-state index in [-0.39, 0.29) is 0 Å². The largest absolute Gasteiger partial charge is 0.310 e. The zero-order valence-electron chi connectivity index (χ0n) is 9.44. The van der Waals surface area contributed by atoms with Gasteiger partial charge in [-0.3, -0.25) is 4.98 Å². The summed E-state index contributed by atoms with van der Waals surface area (Å²) < 4.78 is 1.25. The van der Waals surface area contributed by atoms with Crippen LogP contribution in [0.25, 0.3) is 10.2 Å². The summed E-state index contributed by atoms with van der Waals surface area (Å²) in [7, 11) is 0. The van der Waals surface area contributed by atoms with E-state index >= 15 is 0 Å². The van der Waals surface area contributed by atoms with Crippen molar-refractivity contribution in [3.05, 3.63) is 41.9 Å². The van der Waals surface area contributed by atoms with Crippen LogP contribution in [0.4, 0.5) is 0 Å². The smallest absolute Gasteiger partial charge is 0.0809 e. The van der Waals surface area contributed by atoms with Crippen LogP contribution in [0.2, 0.25) is 0 Å². The Morgan fingerprint density at radius 3 is 3.25 bits per heavy atom. The van der Waals surface area contributed by atoms with Crippen molar-refractivity contribution >= 4 is 21.6 Å². The van der Waals surface area contributed by atoms with Gasteiger partial charge in [-0.05, 0) is 36.0 Å². The van der Waals surface area contributed by atoms with Crippen molar-refractivity contribution in [3.8, 4) is 0 Å². The fraction of sp³-hybridized carbons (Fsp3) is 0.308. The van der Waals surface area contributed by atoms with Crippen molar-refractivity contribution in [2.24, 2.45) is 0 Å². The number of thiophene rings is 1. The topological polar surface area (TPSA) is 24.9 Å². The van der Waals surface area contributed by atoms with Gasteiger partial charge < -0.3 is 5.32 Å². The van der Waals surface area contributed by atoms with Crippen molar-refractivity contribution in [1.82, 2.24) is 10.3 Å². The molecule has 1 unspecified atom stereocenters. The molecule has 0 saturated heterocycles. The highest BCUT2D eigenvalue weighted by atomic mass is 32.1. The van der Waals surface area contributed by atoms with Gasteiger partial charge in [0.15, 0.2) is 0 Å². The predicted octanol–water partition coefficient (Wildman–Crippen LogP) is 3.52. The van der Waals surface area contributed by atoms with Crippen LogP contribution < -0.4 is 5.32 Å². The van der Waals surface area contributed by atoms with Crippen LogP contribution in [0.3, 0.4) is 0 Å².